The van der Waals surface area contributed by atoms with E-state index in [9.17, 15) is 8.78 Å². The average molecular weight is 387 g/mol. The molecule has 1 aromatic heterocycles. The summed E-state index contributed by atoms with van der Waals surface area (Å²) in [5.74, 6) is -0.814. The van der Waals surface area contributed by atoms with Gasteiger partial charge in [0.25, 0.3) is 5.89 Å². The van der Waals surface area contributed by atoms with Crippen molar-refractivity contribution in [1.29, 1.82) is 0 Å². The maximum Gasteiger partial charge on any atom is 0.436 e. The third-order valence-corrected chi connectivity index (χ3v) is 3.54. The minimum atomic E-state index is -3.69. The predicted octanol–water partition coefficient (Wildman–Crippen LogP) is 6.08. The fraction of sp³-hybridized carbons (Fsp3) is 0.0714. The van der Waals surface area contributed by atoms with E-state index in [0.717, 1.165) is 0 Å². The van der Waals surface area contributed by atoms with Gasteiger partial charge in [-0.05, 0) is 30.3 Å². The minimum Gasteiger partial charge on any atom is -0.433 e. The van der Waals surface area contributed by atoms with Gasteiger partial charge in [-0.2, -0.15) is 8.78 Å². The Bertz CT molecular complexity index is 833. The Kier molecular flexibility index (Phi) is 3.92. The zero-order chi connectivity index (χ0) is 15.7. The Balaban J connectivity index is 1.93. The highest BCUT2D eigenvalue weighted by Gasteiger charge is 2.38. The number of aromatic nitrogens is 1. The molecule has 0 spiro atoms. The molecule has 2 aromatic carbocycles. The summed E-state index contributed by atoms with van der Waals surface area (Å²) in [5, 5.41) is 6.71. The van der Waals surface area contributed by atoms with E-state index in [1.54, 1.807) is 30.3 Å². The smallest absolute Gasteiger partial charge is 0.433 e. The molecular weight excluding hydrogens is 380 g/mol. The van der Waals surface area contributed by atoms with Crippen molar-refractivity contribution < 1.29 is 13.2 Å². The fourth-order valence-corrected chi connectivity index (χ4v) is 2.43. The van der Waals surface area contributed by atoms with Crippen LogP contribution >= 0.6 is 27.5 Å². The van der Waals surface area contributed by atoms with E-state index >= 15 is 0 Å². The van der Waals surface area contributed by atoms with Gasteiger partial charge in [0, 0.05) is 4.47 Å². The number of nitrogens with zero attached hydrogens (tertiary/aromatic N) is 3. The second kappa shape index (κ2) is 5.73. The van der Waals surface area contributed by atoms with Gasteiger partial charge in [-0.3, -0.25) is 0 Å². The van der Waals surface area contributed by atoms with Gasteiger partial charge in [0.2, 0.25) is 0 Å². The third-order valence-electron chi connectivity index (χ3n) is 2.74. The summed E-state index contributed by atoms with van der Waals surface area (Å²) in [6, 6.07) is 7.40. The molecule has 0 amide bonds. The van der Waals surface area contributed by atoms with Crippen molar-refractivity contribution in [2.75, 3.05) is 0 Å². The Morgan fingerprint density at radius 1 is 1.18 bits per heavy atom. The van der Waals surface area contributed by atoms with Crippen LogP contribution in [0.4, 0.5) is 14.5 Å². The summed E-state index contributed by atoms with van der Waals surface area (Å²) in [6.07, 6.45) is 0. The molecule has 0 aliphatic carbocycles. The van der Waals surface area contributed by atoms with Crippen molar-refractivity contribution in [1.82, 2.24) is 4.98 Å². The van der Waals surface area contributed by atoms with Crippen molar-refractivity contribution in [2.24, 2.45) is 10.2 Å². The Hall–Kier alpha value is -1.86. The maximum absolute atomic E-state index is 14.0. The van der Waals surface area contributed by atoms with Crippen molar-refractivity contribution in [3.05, 3.63) is 57.9 Å². The number of hydrogen-bond acceptors (Lipinski definition) is 4. The van der Waals surface area contributed by atoms with Crippen LogP contribution in [-0.2, 0) is 6.05 Å². The number of rotatable bonds is 3. The lowest BCUT2D eigenvalue weighted by Gasteiger charge is -2.04. The molecule has 0 N–H and O–H groups in total. The second-order valence-corrected chi connectivity index (χ2v) is 5.65. The molecule has 112 valence electrons. The van der Waals surface area contributed by atoms with Crippen LogP contribution in [0.2, 0.25) is 5.02 Å². The summed E-state index contributed by atoms with van der Waals surface area (Å²) in [7, 11) is 0. The lowest BCUT2D eigenvalue weighted by molar-refractivity contribution is -0.0271. The van der Waals surface area contributed by atoms with Crippen LogP contribution in [0.15, 0.2) is 61.6 Å². The number of benzene rings is 2. The molecule has 0 aliphatic heterocycles. The van der Waals surface area contributed by atoms with Gasteiger partial charge >= 0.3 is 6.05 Å². The SMILES string of the molecule is FC(F)(N=Nc1ccc(Br)cc1Cl)c1nc2ccccc2o1. The molecule has 0 aliphatic rings. The average Bonchev–Trinajstić information content (AvgIpc) is 2.91. The monoisotopic (exact) mass is 385 g/mol. The van der Waals surface area contributed by atoms with Gasteiger partial charge in [0.05, 0.1) is 5.02 Å². The molecule has 4 nitrogen and oxygen atoms in total. The lowest BCUT2D eigenvalue weighted by Crippen LogP contribution is -2.09. The number of halogens is 4. The number of fused-ring (bicyclic) bond motifs is 1. The molecule has 8 heteroatoms. The van der Waals surface area contributed by atoms with E-state index in [1.807, 2.05) is 0 Å². The van der Waals surface area contributed by atoms with Crippen LogP contribution in [0.3, 0.4) is 0 Å². The molecule has 1 heterocycles. The van der Waals surface area contributed by atoms with Crippen LogP contribution in [0.5, 0.6) is 0 Å². The Labute approximate surface area is 136 Å². The zero-order valence-corrected chi connectivity index (χ0v) is 13.1. The minimum absolute atomic E-state index is 0.126. The van der Waals surface area contributed by atoms with E-state index < -0.39 is 11.9 Å². The van der Waals surface area contributed by atoms with E-state index in [0.29, 0.717) is 9.99 Å². The second-order valence-electron chi connectivity index (χ2n) is 4.32. The first-order valence-corrected chi connectivity index (χ1v) is 7.24. The molecule has 0 fully saturated rings. The Morgan fingerprint density at radius 3 is 2.68 bits per heavy atom. The van der Waals surface area contributed by atoms with Gasteiger partial charge in [-0.25, -0.2) is 4.98 Å². The Morgan fingerprint density at radius 2 is 1.95 bits per heavy atom. The van der Waals surface area contributed by atoms with E-state index in [4.69, 9.17) is 16.0 Å². The van der Waals surface area contributed by atoms with Gasteiger partial charge in [-0.15, -0.1) is 10.2 Å². The lowest BCUT2D eigenvalue weighted by atomic mass is 10.3. The summed E-state index contributed by atoms with van der Waals surface area (Å²) in [6.45, 7) is 0. The summed E-state index contributed by atoms with van der Waals surface area (Å²) < 4.78 is 33.8. The highest BCUT2D eigenvalue weighted by atomic mass is 79.9. The highest BCUT2D eigenvalue weighted by Crippen LogP contribution is 2.35. The van der Waals surface area contributed by atoms with Crippen LogP contribution in [0.1, 0.15) is 5.89 Å². The third kappa shape index (κ3) is 3.00. The number of alkyl halides is 2. The molecule has 22 heavy (non-hydrogen) atoms. The van der Waals surface area contributed by atoms with Crippen LogP contribution in [0, 0.1) is 0 Å². The molecule has 0 atom stereocenters. The fourth-order valence-electron chi connectivity index (χ4n) is 1.72. The largest absolute Gasteiger partial charge is 0.436 e. The summed E-state index contributed by atoms with van der Waals surface area (Å²) in [5.41, 5.74) is 0.712. The first-order chi connectivity index (χ1) is 10.5. The highest BCUT2D eigenvalue weighted by molar-refractivity contribution is 9.10. The molecule has 3 rings (SSSR count). The summed E-state index contributed by atoms with van der Waals surface area (Å²) >= 11 is 9.11. The number of hydrogen-bond donors (Lipinski definition) is 0. The molecule has 0 bridgehead atoms. The molecular formula is C14H7BrClF2N3O. The quantitative estimate of drug-likeness (QED) is 0.405. The van der Waals surface area contributed by atoms with Gasteiger partial charge in [-0.1, -0.05) is 39.7 Å². The van der Waals surface area contributed by atoms with Crippen LogP contribution in [0.25, 0.3) is 11.1 Å². The maximum atomic E-state index is 14.0. The first kappa shape index (κ1) is 15.1. The molecule has 0 saturated carbocycles. The molecule has 3 aromatic rings. The zero-order valence-electron chi connectivity index (χ0n) is 10.8. The topological polar surface area (TPSA) is 50.8 Å². The van der Waals surface area contributed by atoms with E-state index in [2.05, 4.69) is 31.1 Å². The van der Waals surface area contributed by atoms with Crippen molar-refractivity contribution in [2.45, 2.75) is 6.05 Å². The molecule has 0 radical (unpaired) electrons. The van der Waals surface area contributed by atoms with Gasteiger partial charge in [0.1, 0.15) is 11.2 Å². The predicted molar refractivity (Wildman–Crippen MR) is 81.6 cm³/mol. The number of oxazole rings is 1. The normalized spacial score (nSPS) is 12.4. The van der Waals surface area contributed by atoms with Crippen LogP contribution in [-0.4, -0.2) is 4.98 Å². The number of para-hydroxylation sites is 2. The van der Waals surface area contributed by atoms with Crippen molar-refractivity contribution >= 4 is 44.3 Å². The van der Waals surface area contributed by atoms with E-state index in [1.165, 1.54) is 12.1 Å². The van der Waals surface area contributed by atoms with Gasteiger partial charge in [0.15, 0.2) is 5.58 Å². The molecule has 0 saturated heterocycles. The standard InChI is InChI=1S/C14H7BrClF2N3O/c15-8-5-6-10(9(16)7-8)20-21-14(17,18)13-19-11-3-1-2-4-12(11)22-13/h1-7H. The molecule has 0 unspecified atom stereocenters. The van der Waals surface area contributed by atoms with Crippen LogP contribution < -0.4 is 0 Å². The number of azo groups is 1. The van der Waals surface area contributed by atoms with Crippen molar-refractivity contribution in [3.63, 3.8) is 0 Å². The first-order valence-electron chi connectivity index (χ1n) is 6.07. The van der Waals surface area contributed by atoms with Crippen molar-refractivity contribution in [3.8, 4) is 0 Å². The van der Waals surface area contributed by atoms with Gasteiger partial charge < -0.3 is 4.42 Å². The van der Waals surface area contributed by atoms with E-state index in [-0.39, 0.29) is 16.3 Å². The summed E-state index contributed by atoms with van der Waals surface area (Å²) in [4.78, 5) is 3.72.